The number of rotatable bonds is 1. The summed E-state index contributed by atoms with van der Waals surface area (Å²) in [6, 6.07) is 0. The Morgan fingerprint density at radius 3 is 2.91 bits per heavy atom. The molecule has 1 heterocycles. The predicted molar refractivity (Wildman–Crippen MR) is 49.5 cm³/mol. The monoisotopic (exact) mass is 168 g/mol. The maximum Gasteiger partial charge on any atom is 0.164 e. The van der Waals surface area contributed by atoms with E-state index in [1.54, 1.807) is 0 Å². The second-order valence-electron chi connectivity index (χ2n) is 1.83. The quantitative estimate of drug-likeness (QED) is 0.490. The van der Waals surface area contributed by atoms with E-state index in [0.717, 1.165) is 0 Å². The molecule has 0 saturated heterocycles. The van der Waals surface area contributed by atoms with Gasteiger partial charge in [0.15, 0.2) is 11.0 Å². The molecular formula is C6H8N4S. The van der Waals surface area contributed by atoms with E-state index in [0.29, 0.717) is 16.7 Å². The number of nitrogens with two attached hydrogens (primary N) is 1. The third-order valence-corrected chi connectivity index (χ3v) is 1.25. The first-order chi connectivity index (χ1) is 5.24. The standard InChI is InChI=1S/C6H8N4S/c1-4-5(8-3-2-7)10-6(11)9-4/h2-3H,1,7H2,(H2,8,9,10,11)/b3-2-. The van der Waals surface area contributed by atoms with Crippen molar-refractivity contribution in [3.05, 3.63) is 24.7 Å². The predicted octanol–water partition coefficient (Wildman–Crippen LogP) is 0.218. The van der Waals surface area contributed by atoms with Gasteiger partial charge in [0, 0.05) is 12.4 Å². The molecule has 11 heavy (non-hydrogen) atoms. The average Bonchev–Trinajstić information content (AvgIpc) is 2.26. The van der Waals surface area contributed by atoms with Gasteiger partial charge in [0.25, 0.3) is 0 Å². The molecule has 0 radical (unpaired) electrons. The molecule has 0 unspecified atom stereocenters. The summed E-state index contributed by atoms with van der Waals surface area (Å²) in [4.78, 5) is 7.80. The minimum Gasteiger partial charge on any atom is -0.403 e. The van der Waals surface area contributed by atoms with Crippen LogP contribution >= 0.6 is 12.6 Å². The summed E-state index contributed by atoms with van der Waals surface area (Å²) < 4.78 is 0. The minimum atomic E-state index is 0.499. The molecule has 0 fully saturated rings. The normalized spacial score (nSPS) is 21.0. The second kappa shape index (κ2) is 3.25. The Kier molecular flexibility index (Phi) is 2.32. The van der Waals surface area contributed by atoms with E-state index in [2.05, 4.69) is 34.5 Å². The zero-order valence-corrected chi connectivity index (χ0v) is 6.68. The van der Waals surface area contributed by atoms with Gasteiger partial charge in [-0.25, -0.2) is 9.98 Å². The summed E-state index contributed by atoms with van der Waals surface area (Å²) in [6.07, 6.45) is 2.79. The lowest BCUT2D eigenvalue weighted by Crippen LogP contribution is -2.19. The lowest BCUT2D eigenvalue weighted by Gasteiger charge is -1.93. The van der Waals surface area contributed by atoms with Crippen molar-refractivity contribution >= 4 is 23.6 Å². The summed E-state index contributed by atoms with van der Waals surface area (Å²) >= 11 is 3.98. The molecule has 0 aromatic rings. The van der Waals surface area contributed by atoms with Crippen LogP contribution in [-0.2, 0) is 0 Å². The van der Waals surface area contributed by atoms with E-state index in [-0.39, 0.29) is 0 Å². The summed E-state index contributed by atoms with van der Waals surface area (Å²) in [5.74, 6) is 0.580. The van der Waals surface area contributed by atoms with Crippen molar-refractivity contribution in [3.8, 4) is 0 Å². The van der Waals surface area contributed by atoms with Crippen molar-refractivity contribution in [2.45, 2.75) is 0 Å². The van der Waals surface area contributed by atoms with Gasteiger partial charge in [-0.05, 0) is 0 Å². The molecule has 0 spiro atoms. The average molecular weight is 168 g/mol. The van der Waals surface area contributed by atoms with Gasteiger partial charge in [-0.2, -0.15) is 0 Å². The molecule has 0 aromatic heterocycles. The molecule has 58 valence electrons. The van der Waals surface area contributed by atoms with E-state index in [4.69, 9.17) is 5.73 Å². The topological polar surface area (TPSA) is 62.8 Å². The summed E-state index contributed by atoms with van der Waals surface area (Å²) in [5, 5.41) is 3.30. The highest BCUT2D eigenvalue weighted by Gasteiger charge is 2.11. The van der Waals surface area contributed by atoms with Gasteiger partial charge in [-0.1, -0.05) is 6.58 Å². The van der Waals surface area contributed by atoms with E-state index < -0.39 is 0 Å². The number of nitrogens with one attached hydrogen (secondary N) is 1. The minimum absolute atomic E-state index is 0.499. The molecule has 0 aliphatic carbocycles. The first-order valence-corrected chi connectivity index (χ1v) is 3.37. The van der Waals surface area contributed by atoms with Gasteiger partial charge in [0.05, 0.1) is 0 Å². The molecule has 0 atom stereocenters. The summed E-state index contributed by atoms with van der Waals surface area (Å²) in [5.41, 5.74) is 5.65. The Labute approximate surface area is 70.0 Å². The molecular weight excluding hydrogens is 160 g/mol. The van der Waals surface area contributed by atoms with Crippen molar-refractivity contribution in [3.63, 3.8) is 0 Å². The molecule has 3 N–H and O–H groups in total. The van der Waals surface area contributed by atoms with Crippen LogP contribution < -0.4 is 11.1 Å². The van der Waals surface area contributed by atoms with Crippen molar-refractivity contribution < 1.29 is 0 Å². The zero-order valence-electron chi connectivity index (χ0n) is 5.78. The highest BCUT2D eigenvalue weighted by molar-refractivity contribution is 7.97. The molecule has 1 rings (SSSR count). The summed E-state index contributed by atoms with van der Waals surface area (Å²) in [7, 11) is 0. The third-order valence-electron chi connectivity index (χ3n) is 1.03. The Bertz CT molecular complexity index is 264. The Morgan fingerprint density at radius 2 is 2.45 bits per heavy atom. The first kappa shape index (κ1) is 7.87. The number of aliphatic imine (C=N–C) groups is 2. The van der Waals surface area contributed by atoms with Crippen LogP contribution in [0.15, 0.2) is 34.7 Å². The van der Waals surface area contributed by atoms with Crippen molar-refractivity contribution in [2.75, 3.05) is 0 Å². The van der Waals surface area contributed by atoms with Crippen LogP contribution in [-0.4, -0.2) is 11.0 Å². The van der Waals surface area contributed by atoms with Gasteiger partial charge in [0.2, 0.25) is 0 Å². The lowest BCUT2D eigenvalue weighted by atomic mass is 10.5. The van der Waals surface area contributed by atoms with E-state index in [1.807, 2.05) is 0 Å². The third kappa shape index (κ3) is 1.84. The molecule has 0 bridgehead atoms. The van der Waals surface area contributed by atoms with Crippen molar-refractivity contribution in [2.24, 2.45) is 15.7 Å². The lowest BCUT2D eigenvalue weighted by molar-refractivity contribution is 1.37. The van der Waals surface area contributed by atoms with E-state index in [1.165, 1.54) is 12.4 Å². The summed E-state index contributed by atoms with van der Waals surface area (Å²) in [6.45, 7) is 3.63. The molecule has 5 heteroatoms. The Morgan fingerprint density at radius 1 is 1.73 bits per heavy atom. The van der Waals surface area contributed by atoms with Crippen LogP contribution in [0.3, 0.4) is 0 Å². The fourth-order valence-corrected chi connectivity index (χ4v) is 0.838. The Balaban J connectivity index is 2.74. The number of hydrogen-bond donors (Lipinski definition) is 3. The molecule has 4 nitrogen and oxygen atoms in total. The zero-order chi connectivity index (χ0) is 8.27. The fraction of sp³-hybridized carbons (Fsp3) is 0. The Hall–Kier alpha value is -1.23. The molecule has 0 saturated carbocycles. The molecule has 1 aliphatic rings. The highest BCUT2D eigenvalue weighted by Crippen LogP contribution is 2.04. The number of thiol groups is 1. The molecule has 0 aromatic carbocycles. The van der Waals surface area contributed by atoms with Crippen LogP contribution in [0.5, 0.6) is 0 Å². The van der Waals surface area contributed by atoms with Gasteiger partial charge in [0.1, 0.15) is 5.70 Å². The van der Waals surface area contributed by atoms with E-state index in [9.17, 15) is 0 Å². The number of nitrogens with zero attached hydrogens (tertiary/aromatic N) is 2. The fourth-order valence-electron chi connectivity index (χ4n) is 0.611. The largest absolute Gasteiger partial charge is 0.403 e. The van der Waals surface area contributed by atoms with Crippen LogP contribution in [0.2, 0.25) is 0 Å². The first-order valence-electron chi connectivity index (χ1n) is 2.92. The van der Waals surface area contributed by atoms with Crippen LogP contribution in [0.25, 0.3) is 0 Å². The van der Waals surface area contributed by atoms with Crippen LogP contribution in [0.1, 0.15) is 0 Å². The maximum atomic E-state index is 5.09. The second-order valence-corrected chi connectivity index (χ2v) is 2.25. The molecule has 0 amide bonds. The van der Waals surface area contributed by atoms with Gasteiger partial charge < -0.3 is 11.1 Å². The molecule has 1 aliphatic heterocycles. The number of hydrogen-bond acceptors (Lipinski definition) is 3. The van der Waals surface area contributed by atoms with Gasteiger partial charge >= 0.3 is 0 Å². The SMILES string of the molecule is C=C1N=C(S)N/C1=N/C=C\N. The maximum absolute atomic E-state index is 5.09. The van der Waals surface area contributed by atoms with Gasteiger partial charge in [-0.15, -0.1) is 12.6 Å². The number of amidine groups is 2. The van der Waals surface area contributed by atoms with Crippen molar-refractivity contribution in [1.29, 1.82) is 0 Å². The highest BCUT2D eigenvalue weighted by atomic mass is 32.1. The van der Waals surface area contributed by atoms with Crippen molar-refractivity contribution in [1.82, 2.24) is 5.32 Å². The van der Waals surface area contributed by atoms with Crippen LogP contribution in [0.4, 0.5) is 0 Å². The van der Waals surface area contributed by atoms with Gasteiger partial charge in [-0.3, -0.25) is 0 Å². The van der Waals surface area contributed by atoms with Crippen LogP contribution in [0, 0.1) is 0 Å². The van der Waals surface area contributed by atoms with E-state index >= 15 is 0 Å². The smallest absolute Gasteiger partial charge is 0.164 e.